The van der Waals surface area contributed by atoms with Crippen molar-refractivity contribution in [2.45, 2.75) is 19.4 Å². The van der Waals surface area contributed by atoms with E-state index in [1.807, 2.05) is 19.1 Å². The number of hydrogen-bond acceptors (Lipinski definition) is 1. The molecule has 1 nitrogen and oxygen atoms in total. The maximum atomic E-state index is 13.3. The molecular formula is C16H15BrClF2N. The van der Waals surface area contributed by atoms with Gasteiger partial charge in [0.15, 0.2) is 0 Å². The highest BCUT2D eigenvalue weighted by Crippen LogP contribution is 2.29. The Balaban J connectivity index is 2.32. The van der Waals surface area contributed by atoms with Gasteiger partial charge in [0, 0.05) is 21.6 Å². The van der Waals surface area contributed by atoms with Crippen molar-refractivity contribution in [3.8, 4) is 0 Å². The van der Waals surface area contributed by atoms with Gasteiger partial charge in [0.2, 0.25) is 0 Å². The average Bonchev–Trinajstić information content (AvgIpc) is 2.40. The zero-order valence-electron chi connectivity index (χ0n) is 11.5. The maximum Gasteiger partial charge on any atom is 0.126 e. The molecule has 0 aliphatic rings. The molecule has 0 saturated carbocycles. The largest absolute Gasteiger partial charge is 0.310 e. The first-order chi connectivity index (χ1) is 9.99. The van der Waals surface area contributed by atoms with Gasteiger partial charge in [-0.1, -0.05) is 34.5 Å². The summed E-state index contributed by atoms with van der Waals surface area (Å²) in [6.45, 7) is 2.70. The fourth-order valence-electron chi connectivity index (χ4n) is 2.28. The van der Waals surface area contributed by atoms with Crippen LogP contribution in [0.5, 0.6) is 0 Å². The first kappa shape index (κ1) is 16.4. The highest BCUT2D eigenvalue weighted by molar-refractivity contribution is 9.10. The Kier molecular flexibility index (Phi) is 5.73. The van der Waals surface area contributed by atoms with Gasteiger partial charge in [-0.15, -0.1) is 0 Å². The van der Waals surface area contributed by atoms with Gasteiger partial charge in [-0.2, -0.15) is 0 Å². The van der Waals surface area contributed by atoms with Crippen molar-refractivity contribution in [2.75, 3.05) is 6.54 Å². The number of likely N-dealkylation sites (N-methyl/N-ethyl adjacent to an activating group) is 1. The van der Waals surface area contributed by atoms with E-state index < -0.39 is 11.6 Å². The first-order valence-corrected chi connectivity index (χ1v) is 7.80. The van der Waals surface area contributed by atoms with Crippen molar-refractivity contribution in [2.24, 2.45) is 0 Å². The minimum Gasteiger partial charge on any atom is -0.310 e. The van der Waals surface area contributed by atoms with E-state index in [0.29, 0.717) is 17.0 Å². The normalized spacial score (nSPS) is 12.4. The molecule has 5 heteroatoms. The average molecular weight is 375 g/mol. The minimum absolute atomic E-state index is 0.110. The lowest BCUT2D eigenvalue weighted by atomic mass is 9.98. The lowest BCUT2D eigenvalue weighted by Crippen LogP contribution is -2.23. The molecule has 2 rings (SSSR count). The van der Waals surface area contributed by atoms with Gasteiger partial charge < -0.3 is 5.32 Å². The summed E-state index contributed by atoms with van der Waals surface area (Å²) in [5, 5.41) is 3.93. The third-order valence-electron chi connectivity index (χ3n) is 3.15. The van der Waals surface area contributed by atoms with Crippen LogP contribution in [0.15, 0.2) is 40.9 Å². The SMILES string of the molecule is CCNC(Cc1cc(F)cc(F)c1)c1cc(Br)ccc1Cl. The molecule has 2 aromatic carbocycles. The summed E-state index contributed by atoms with van der Waals surface area (Å²) >= 11 is 9.66. The smallest absolute Gasteiger partial charge is 0.126 e. The van der Waals surface area contributed by atoms with Crippen LogP contribution in [0.4, 0.5) is 8.78 Å². The maximum absolute atomic E-state index is 13.3. The lowest BCUT2D eigenvalue weighted by Gasteiger charge is -2.20. The van der Waals surface area contributed by atoms with Gasteiger partial charge in [0.05, 0.1) is 0 Å². The van der Waals surface area contributed by atoms with Crippen molar-refractivity contribution >= 4 is 27.5 Å². The number of rotatable bonds is 5. The van der Waals surface area contributed by atoms with Gasteiger partial charge in [0.1, 0.15) is 11.6 Å². The van der Waals surface area contributed by atoms with Crippen LogP contribution in [-0.2, 0) is 6.42 Å². The van der Waals surface area contributed by atoms with E-state index in [-0.39, 0.29) is 6.04 Å². The second kappa shape index (κ2) is 7.34. The summed E-state index contributed by atoms with van der Waals surface area (Å²) in [6.07, 6.45) is 0.457. The van der Waals surface area contributed by atoms with E-state index in [1.165, 1.54) is 12.1 Å². The second-order valence-corrected chi connectivity index (χ2v) is 6.08. The molecule has 0 saturated heterocycles. The molecule has 112 valence electrons. The molecule has 1 N–H and O–H groups in total. The number of halogens is 4. The van der Waals surface area contributed by atoms with Crippen LogP contribution in [-0.4, -0.2) is 6.54 Å². The van der Waals surface area contributed by atoms with Crippen LogP contribution in [0.25, 0.3) is 0 Å². The summed E-state index contributed by atoms with van der Waals surface area (Å²) in [7, 11) is 0. The second-order valence-electron chi connectivity index (χ2n) is 4.76. The Labute approximate surface area is 136 Å². The first-order valence-electron chi connectivity index (χ1n) is 6.63. The van der Waals surface area contributed by atoms with Crippen LogP contribution in [0, 0.1) is 11.6 Å². The predicted molar refractivity (Wildman–Crippen MR) is 85.6 cm³/mol. The van der Waals surface area contributed by atoms with Crippen molar-refractivity contribution in [1.82, 2.24) is 5.32 Å². The highest BCUT2D eigenvalue weighted by Gasteiger charge is 2.16. The lowest BCUT2D eigenvalue weighted by molar-refractivity contribution is 0.539. The van der Waals surface area contributed by atoms with E-state index in [4.69, 9.17) is 11.6 Å². The standard InChI is InChI=1S/C16H15BrClF2N/c1-2-21-16(14-8-11(17)3-4-15(14)18)7-10-5-12(19)9-13(20)6-10/h3-6,8-9,16,21H,2,7H2,1H3. The minimum atomic E-state index is -0.569. The predicted octanol–water partition coefficient (Wildman–Crippen LogP) is 5.27. The molecule has 2 aromatic rings. The van der Waals surface area contributed by atoms with Gasteiger partial charge in [-0.25, -0.2) is 8.78 Å². The van der Waals surface area contributed by atoms with Crippen molar-refractivity contribution < 1.29 is 8.78 Å². The summed E-state index contributed by atoms with van der Waals surface area (Å²) in [6, 6.07) is 9.04. The number of hydrogen-bond donors (Lipinski definition) is 1. The van der Waals surface area contributed by atoms with Crippen LogP contribution < -0.4 is 5.32 Å². The summed E-state index contributed by atoms with van der Waals surface area (Å²) in [5.41, 5.74) is 1.49. The van der Waals surface area contributed by atoms with E-state index in [0.717, 1.165) is 22.6 Å². The Morgan fingerprint density at radius 2 is 1.81 bits per heavy atom. The topological polar surface area (TPSA) is 12.0 Å². The fraction of sp³-hybridized carbons (Fsp3) is 0.250. The van der Waals surface area contributed by atoms with E-state index >= 15 is 0 Å². The van der Waals surface area contributed by atoms with Crippen LogP contribution >= 0.6 is 27.5 Å². The van der Waals surface area contributed by atoms with Crippen LogP contribution in [0.2, 0.25) is 5.02 Å². The molecule has 0 aliphatic heterocycles. The molecule has 1 unspecified atom stereocenters. The molecule has 0 aliphatic carbocycles. The van der Waals surface area contributed by atoms with Crippen LogP contribution in [0.1, 0.15) is 24.1 Å². The molecule has 0 radical (unpaired) electrons. The van der Waals surface area contributed by atoms with E-state index in [1.54, 1.807) is 6.07 Å². The summed E-state index contributed by atoms with van der Waals surface area (Å²) in [4.78, 5) is 0. The Bertz CT molecular complexity index is 613. The third-order valence-corrected chi connectivity index (χ3v) is 3.98. The van der Waals surface area contributed by atoms with E-state index in [9.17, 15) is 8.78 Å². The van der Waals surface area contributed by atoms with Gasteiger partial charge in [0.25, 0.3) is 0 Å². The Morgan fingerprint density at radius 1 is 1.14 bits per heavy atom. The van der Waals surface area contributed by atoms with Gasteiger partial charge in [-0.3, -0.25) is 0 Å². The summed E-state index contributed by atoms with van der Waals surface area (Å²) in [5.74, 6) is -1.14. The molecule has 21 heavy (non-hydrogen) atoms. The van der Waals surface area contributed by atoms with Crippen molar-refractivity contribution in [3.63, 3.8) is 0 Å². The zero-order valence-corrected chi connectivity index (χ0v) is 13.8. The molecule has 1 atom stereocenters. The van der Waals surface area contributed by atoms with Crippen molar-refractivity contribution in [1.29, 1.82) is 0 Å². The monoisotopic (exact) mass is 373 g/mol. The molecular weight excluding hydrogens is 360 g/mol. The van der Waals surface area contributed by atoms with Gasteiger partial charge in [-0.05, 0) is 54.4 Å². The fourth-order valence-corrected chi connectivity index (χ4v) is 2.91. The number of nitrogens with one attached hydrogen (secondary N) is 1. The quantitative estimate of drug-likeness (QED) is 0.751. The van der Waals surface area contributed by atoms with Crippen LogP contribution in [0.3, 0.4) is 0 Å². The Morgan fingerprint density at radius 3 is 2.43 bits per heavy atom. The van der Waals surface area contributed by atoms with Gasteiger partial charge >= 0.3 is 0 Å². The number of benzene rings is 2. The highest BCUT2D eigenvalue weighted by atomic mass is 79.9. The Hall–Kier alpha value is -0.970. The molecule has 0 heterocycles. The molecule has 0 spiro atoms. The third kappa shape index (κ3) is 4.50. The molecule has 0 amide bonds. The molecule has 0 fully saturated rings. The van der Waals surface area contributed by atoms with E-state index in [2.05, 4.69) is 21.2 Å². The molecule has 0 aromatic heterocycles. The molecule has 0 bridgehead atoms. The van der Waals surface area contributed by atoms with Crippen molar-refractivity contribution in [3.05, 3.63) is 68.7 Å². The summed E-state index contributed by atoms with van der Waals surface area (Å²) < 4.78 is 27.5. The zero-order chi connectivity index (χ0) is 15.4.